The third kappa shape index (κ3) is 5.93. The molecule has 1 saturated heterocycles. The second kappa shape index (κ2) is 8.70. The number of methoxy groups -OCH3 is 1. The summed E-state index contributed by atoms with van der Waals surface area (Å²) in [5, 5.41) is 4.70. The Hall–Kier alpha value is -2.29. The van der Waals surface area contributed by atoms with Gasteiger partial charge in [0.2, 0.25) is 0 Å². The zero-order valence-corrected chi connectivity index (χ0v) is 14.8. The predicted octanol–water partition coefficient (Wildman–Crippen LogP) is 1.33. The first-order chi connectivity index (χ1) is 11.9. The topological polar surface area (TPSA) is 111 Å². The molecule has 2 rings (SSSR count). The summed E-state index contributed by atoms with van der Waals surface area (Å²) in [7, 11) is -1.84. The lowest BCUT2D eigenvalue weighted by Crippen LogP contribution is -2.41. The molecule has 2 N–H and O–H groups in total. The molecular weight excluding hydrogens is 348 g/mol. The van der Waals surface area contributed by atoms with Crippen molar-refractivity contribution in [2.45, 2.75) is 24.5 Å². The minimum atomic E-state index is -3.11. The molecule has 0 aromatic heterocycles. The van der Waals surface area contributed by atoms with Gasteiger partial charge in [-0.2, -0.15) is 0 Å². The number of carbonyl (C=O) groups excluding carboxylic acids is 2. The van der Waals surface area contributed by atoms with Crippen LogP contribution in [0, 0.1) is 0 Å². The summed E-state index contributed by atoms with van der Waals surface area (Å²) in [5.74, 6) is 0.164. The van der Waals surface area contributed by atoms with Gasteiger partial charge >= 0.3 is 12.0 Å². The number of sulfone groups is 1. The lowest BCUT2D eigenvalue weighted by Gasteiger charge is -2.22. The maximum atomic E-state index is 11.9. The maximum Gasteiger partial charge on any atom is 0.343 e. The maximum absolute atomic E-state index is 11.9. The van der Waals surface area contributed by atoms with Crippen LogP contribution >= 0.6 is 0 Å². The average molecular weight is 370 g/mol. The number of anilines is 1. The molecule has 1 aromatic carbocycles. The molecule has 0 spiro atoms. The van der Waals surface area contributed by atoms with Crippen molar-refractivity contribution in [3.05, 3.63) is 24.3 Å². The number of rotatable bonds is 6. The number of carbonyl (C=O) groups is 2. The van der Waals surface area contributed by atoms with E-state index in [1.807, 2.05) is 0 Å². The van der Waals surface area contributed by atoms with Crippen LogP contribution in [0.3, 0.4) is 0 Å². The van der Waals surface area contributed by atoms with Crippen LogP contribution in [0.4, 0.5) is 10.5 Å². The van der Waals surface area contributed by atoms with Gasteiger partial charge in [-0.25, -0.2) is 18.0 Å². The standard InChI is InChI=1S/C16H22N2O6S/c1-23-15(19)11-24-13-7-5-12(6-8-13)18-16(20)17-10-14-4-2-3-9-25(14,21)22/h5-8,14H,2-4,9-11H2,1H3,(H2,17,18,20). The number of benzene rings is 1. The second-order valence-corrected chi connectivity index (χ2v) is 8.11. The number of esters is 1. The molecule has 1 heterocycles. The number of amides is 2. The van der Waals surface area contributed by atoms with Gasteiger partial charge in [0.05, 0.1) is 18.1 Å². The Morgan fingerprint density at radius 2 is 1.92 bits per heavy atom. The molecule has 25 heavy (non-hydrogen) atoms. The Labute approximate surface area is 146 Å². The third-order valence-electron chi connectivity index (χ3n) is 3.90. The van der Waals surface area contributed by atoms with Crippen LogP contribution in [0.1, 0.15) is 19.3 Å². The SMILES string of the molecule is COC(=O)COc1ccc(NC(=O)NCC2CCCCS2(=O)=O)cc1. The van der Waals surface area contributed by atoms with Gasteiger partial charge < -0.3 is 20.1 Å². The van der Waals surface area contributed by atoms with Crippen molar-refractivity contribution in [3.8, 4) is 5.75 Å². The molecule has 1 aliphatic heterocycles. The zero-order chi connectivity index (χ0) is 18.3. The van der Waals surface area contributed by atoms with Gasteiger partial charge in [-0.1, -0.05) is 6.42 Å². The molecule has 0 bridgehead atoms. The normalized spacial score (nSPS) is 18.8. The number of hydrogen-bond acceptors (Lipinski definition) is 6. The van der Waals surface area contributed by atoms with Crippen molar-refractivity contribution in [2.75, 3.05) is 31.3 Å². The molecule has 1 aliphatic rings. The van der Waals surface area contributed by atoms with E-state index >= 15 is 0 Å². The highest BCUT2D eigenvalue weighted by atomic mass is 32.2. The van der Waals surface area contributed by atoms with E-state index < -0.39 is 27.1 Å². The van der Waals surface area contributed by atoms with Crippen LogP contribution in [0.2, 0.25) is 0 Å². The molecule has 0 radical (unpaired) electrons. The average Bonchev–Trinajstić information content (AvgIpc) is 2.59. The Morgan fingerprint density at radius 1 is 1.20 bits per heavy atom. The van der Waals surface area contributed by atoms with Gasteiger partial charge in [0.1, 0.15) is 5.75 Å². The van der Waals surface area contributed by atoms with Crippen molar-refractivity contribution in [1.82, 2.24) is 5.32 Å². The molecule has 0 saturated carbocycles. The van der Waals surface area contributed by atoms with E-state index in [2.05, 4.69) is 15.4 Å². The number of nitrogens with one attached hydrogen (secondary N) is 2. The molecule has 0 aliphatic carbocycles. The highest BCUT2D eigenvalue weighted by Crippen LogP contribution is 2.19. The summed E-state index contributed by atoms with van der Waals surface area (Å²) < 4.78 is 33.5. The minimum absolute atomic E-state index is 0.106. The third-order valence-corrected chi connectivity index (χ3v) is 6.18. The fourth-order valence-corrected chi connectivity index (χ4v) is 4.27. The minimum Gasteiger partial charge on any atom is -0.482 e. The molecule has 8 nitrogen and oxygen atoms in total. The Kier molecular flexibility index (Phi) is 6.63. The second-order valence-electron chi connectivity index (χ2n) is 5.71. The Balaban J connectivity index is 1.79. The predicted molar refractivity (Wildman–Crippen MR) is 92.4 cm³/mol. The molecule has 1 fully saturated rings. The van der Waals surface area contributed by atoms with Crippen LogP contribution in [0.15, 0.2) is 24.3 Å². The van der Waals surface area contributed by atoms with Crippen molar-refractivity contribution >= 4 is 27.5 Å². The smallest absolute Gasteiger partial charge is 0.343 e. The van der Waals surface area contributed by atoms with Crippen molar-refractivity contribution in [1.29, 1.82) is 0 Å². The molecule has 138 valence electrons. The highest BCUT2D eigenvalue weighted by Gasteiger charge is 2.28. The molecule has 1 atom stereocenters. The van der Waals surface area contributed by atoms with Gasteiger partial charge in [0.15, 0.2) is 16.4 Å². The van der Waals surface area contributed by atoms with Gasteiger partial charge in [-0.15, -0.1) is 0 Å². The molecule has 1 unspecified atom stereocenters. The fourth-order valence-electron chi connectivity index (χ4n) is 2.47. The van der Waals surface area contributed by atoms with Gasteiger partial charge in [-0.05, 0) is 37.1 Å². The largest absolute Gasteiger partial charge is 0.482 e. The molecule has 1 aromatic rings. The summed E-state index contributed by atoms with van der Waals surface area (Å²) >= 11 is 0. The van der Waals surface area contributed by atoms with Crippen LogP contribution in [0.25, 0.3) is 0 Å². The summed E-state index contributed by atoms with van der Waals surface area (Å²) in [5.41, 5.74) is 0.523. The van der Waals surface area contributed by atoms with Crippen LogP contribution in [-0.2, 0) is 19.4 Å². The highest BCUT2D eigenvalue weighted by molar-refractivity contribution is 7.92. The lowest BCUT2D eigenvalue weighted by molar-refractivity contribution is -0.142. The quantitative estimate of drug-likeness (QED) is 0.731. The van der Waals surface area contributed by atoms with E-state index in [-0.39, 0.29) is 18.9 Å². The molecule has 2 amide bonds. The Bertz CT molecular complexity index is 702. The summed E-state index contributed by atoms with van der Waals surface area (Å²) in [6, 6.07) is 5.96. The first kappa shape index (κ1) is 19.0. The van der Waals surface area contributed by atoms with Crippen molar-refractivity contribution in [2.24, 2.45) is 0 Å². The summed E-state index contributed by atoms with van der Waals surface area (Å²) in [6.45, 7) is -0.0892. The fraction of sp³-hybridized carbons (Fsp3) is 0.500. The Morgan fingerprint density at radius 3 is 2.56 bits per heavy atom. The summed E-state index contributed by atoms with van der Waals surface area (Å²) in [6.07, 6.45) is 2.13. The van der Waals surface area contributed by atoms with Crippen LogP contribution in [-0.4, -0.2) is 51.7 Å². The van der Waals surface area contributed by atoms with E-state index in [1.54, 1.807) is 24.3 Å². The zero-order valence-electron chi connectivity index (χ0n) is 14.0. The first-order valence-corrected chi connectivity index (χ1v) is 9.68. The molecule has 9 heteroatoms. The van der Waals surface area contributed by atoms with E-state index in [1.165, 1.54) is 7.11 Å². The van der Waals surface area contributed by atoms with E-state index in [0.717, 1.165) is 6.42 Å². The summed E-state index contributed by atoms with van der Waals surface area (Å²) in [4.78, 5) is 22.9. The van der Waals surface area contributed by atoms with Gasteiger partial charge in [0, 0.05) is 12.2 Å². The van der Waals surface area contributed by atoms with E-state index in [4.69, 9.17) is 4.74 Å². The van der Waals surface area contributed by atoms with E-state index in [0.29, 0.717) is 24.3 Å². The van der Waals surface area contributed by atoms with Crippen LogP contribution in [0.5, 0.6) is 5.75 Å². The number of ether oxygens (including phenoxy) is 2. The van der Waals surface area contributed by atoms with Crippen molar-refractivity contribution in [3.63, 3.8) is 0 Å². The lowest BCUT2D eigenvalue weighted by atomic mass is 10.2. The number of hydrogen-bond donors (Lipinski definition) is 2. The van der Waals surface area contributed by atoms with Gasteiger partial charge in [0.25, 0.3) is 0 Å². The van der Waals surface area contributed by atoms with Crippen molar-refractivity contribution < 1.29 is 27.5 Å². The van der Waals surface area contributed by atoms with Gasteiger partial charge in [-0.3, -0.25) is 0 Å². The van der Waals surface area contributed by atoms with E-state index in [9.17, 15) is 18.0 Å². The van der Waals surface area contributed by atoms with Crippen LogP contribution < -0.4 is 15.4 Å². The first-order valence-electron chi connectivity index (χ1n) is 7.97. The number of urea groups is 1. The monoisotopic (exact) mass is 370 g/mol. The molecular formula is C16H22N2O6S.